The summed E-state index contributed by atoms with van der Waals surface area (Å²) in [6.45, 7) is 1.71. The molecule has 3 amide bonds. The summed E-state index contributed by atoms with van der Waals surface area (Å²) in [4.78, 5) is 49.0. The van der Waals surface area contributed by atoms with E-state index in [1.54, 1.807) is 49.0 Å². The fourth-order valence-corrected chi connectivity index (χ4v) is 3.23. The highest BCUT2D eigenvalue weighted by molar-refractivity contribution is 5.95. The molecule has 8 nitrogen and oxygen atoms in total. The maximum atomic E-state index is 12.5. The molecule has 2 heterocycles. The summed E-state index contributed by atoms with van der Waals surface area (Å²) in [7, 11) is 0. The van der Waals surface area contributed by atoms with E-state index >= 15 is 0 Å². The molecule has 28 heavy (non-hydrogen) atoms. The third-order valence-electron chi connectivity index (χ3n) is 4.67. The fourth-order valence-electron chi connectivity index (χ4n) is 3.23. The number of amides is 3. The van der Waals surface area contributed by atoms with Gasteiger partial charge < -0.3 is 16.0 Å². The van der Waals surface area contributed by atoms with Crippen LogP contribution in [0.3, 0.4) is 0 Å². The lowest BCUT2D eigenvalue weighted by atomic mass is 9.96. The van der Waals surface area contributed by atoms with Crippen LogP contribution in [0.15, 0.2) is 53.5 Å². The number of hydrogen-bond acceptors (Lipinski definition) is 4. The van der Waals surface area contributed by atoms with Crippen molar-refractivity contribution in [1.82, 2.24) is 14.8 Å². The van der Waals surface area contributed by atoms with Gasteiger partial charge in [-0.05, 0) is 36.8 Å². The maximum Gasteiger partial charge on any atom is 0.255 e. The highest BCUT2D eigenvalue weighted by atomic mass is 16.2. The largest absolute Gasteiger partial charge is 0.368 e. The lowest BCUT2D eigenvalue weighted by Gasteiger charge is -2.37. The maximum absolute atomic E-state index is 12.5. The first-order chi connectivity index (χ1) is 13.4. The van der Waals surface area contributed by atoms with Gasteiger partial charge >= 0.3 is 0 Å². The second-order valence-electron chi connectivity index (χ2n) is 6.58. The van der Waals surface area contributed by atoms with Gasteiger partial charge in [-0.15, -0.1) is 0 Å². The van der Waals surface area contributed by atoms with Crippen LogP contribution >= 0.6 is 0 Å². The normalized spacial score (nSPS) is 19.1. The van der Waals surface area contributed by atoms with Crippen LogP contribution in [0.25, 0.3) is 5.69 Å². The number of nitrogens with zero attached hydrogens (tertiary/aromatic N) is 2. The molecule has 2 unspecified atom stereocenters. The molecule has 2 atom stereocenters. The molecule has 0 spiro atoms. The molecule has 1 aliphatic heterocycles. The molecule has 3 rings (SSSR count). The van der Waals surface area contributed by atoms with Gasteiger partial charge in [0.05, 0.1) is 0 Å². The Labute approximate surface area is 161 Å². The number of pyridine rings is 1. The number of hydrogen-bond donors (Lipinski definition) is 2. The van der Waals surface area contributed by atoms with Crippen LogP contribution in [-0.2, 0) is 9.59 Å². The molecule has 0 bridgehead atoms. The summed E-state index contributed by atoms with van der Waals surface area (Å²) >= 11 is 0. The van der Waals surface area contributed by atoms with E-state index in [9.17, 15) is 19.2 Å². The number of piperidine rings is 1. The van der Waals surface area contributed by atoms with Gasteiger partial charge in [-0.2, -0.15) is 0 Å². The van der Waals surface area contributed by atoms with E-state index in [2.05, 4.69) is 5.32 Å². The Bertz CT molecular complexity index is 951. The molecule has 3 N–H and O–H groups in total. The minimum absolute atomic E-state index is 0.163. The van der Waals surface area contributed by atoms with Gasteiger partial charge in [0.2, 0.25) is 11.8 Å². The molecular formula is C20H21N4O4. The monoisotopic (exact) mass is 381 g/mol. The highest BCUT2D eigenvalue weighted by Crippen LogP contribution is 2.18. The van der Waals surface area contributed by atoms with E-state index in [4.69, 9.17) is 5.73 Å². The van der Waals surface area contributed by atoms with Crippen LogP contribution < -0.4 is 16.6 Å². The topological polar surface area (TPSA) is 114 Å². The molecule has 145 valence electrons. The number of rotatable bonds is 4. The third kappa shape index (κ3) is 4.11. The number of nitrogens with two attached hydrogens (primary N) is 1. The number of aromatic nitrogens is 1. The average molecular weight is 381 g/mol. The quantitative estimate of drug-likeness (QED) is 0.790. The predicted molar refractivity (Wildman–Crippen MR) is 103 cm³/mol. The number of primary amides is 1. The van der Waals surface area contributed by atoms with E-state index in [0.717, 1.165) is 0 Å². The summed E-state index contributed by atoms with van der Waals surface area (Å²) < 4.78 is 1.48. The lowest BCUT2D eigenvalue weighted by Crippen LogP contribution is -2.56. The summed E-state index contributed by atoms with van der Waals surface area (Å²) in [5.74, 6) is -1.18. The zero-order chi connectivity index (χ0) is 20.3. The van der Waals surface area contributed by atoms with E-state index in [0.29, 0.717) is 24.2 Å². The molecule has 1 aromatic heterocycles. The van der Waals surface area contributed by atoms with Crippen molar-refractivity contribution in [2.45, 2.75) is 25.4 Å². The standard InChI is InChI=1S/C20H21N4O4/c1-13(25)23-11-9-15(12-17(23)19(21)27)22-20(28)14-5-7-16(8-6-14)24-10-3-2-4-18(24)26/h2-8,10,12,15,17H,9,11H2,1H3,(H2,21,27)(H,22,28). The SMILES string of the molecule is CC(=O)N1CCC(NC(=O)c2ccc(-n3ccccc3=O)cc2)[CH]C1C(N)=O. The Morgan fingerprint density at radius 2 is 1.82 bits per heavy atom. The van der Waals surface area contributed by atoms with Crippen LogP contribution in [0.5, 0.6) is 0 Å². The fraction of sp³-hybridized carbons (Fsp3) is 0.250. The number of likely N-dealkylation sites (tertiary alicyclic amines) is 1. The summed E-state index contributed by atoms with van der Waals surface area (Å²) in [5, 5.41) is 2.84. The second-order valence-corrected chi connectivity index (χ2v) is 6.58. The number of carbonyl (C=O) groups excluding carboxylic acids is 3. The Kier molecular flexibility index (Phi) is 5.58. The first-order valence-corrected chi connectivity index (χ1v) is 8.87. The van der Waals surface area contributed by atoms with Crippen molar-refractivity contribution >= 4 is 17.7 Å². The van der Waals surface area contributed by atoms with Crippen molar-refractivity contribution < 1.29 is 14.4 Å². The first-order valence-electron chi connectivity index (χ1n) is 8.87. The third-order valence-corrected chi connectivity index (χ3v) is 4.67. The Morgan fingerprint density at radius 3 is 2.43 bits per heavy atom. The molecule has 1 saturated heterocycles. The van der Waals surface area contributed by atoms with Crippen LogP contribution in [0.1, 0.15) is 23.7 Å². The summed E-state index contributed by atoms with van der Waals surface area (Å²) in [5.41, 5.74) is 6.29. The molecule has 8 heteroatoms. The van der Waals surface area contributed by atoms with Gasteiger partial charge in [-0.1, -0.05) is 6.07 Å². The average Bonchev–Trinajstić information content (AvgIpc) is 2.68. The second kappa shape index (κ2) is 8.08. The minimum Gasteiger partial charge on any atom is -0.368 e. The van der Waals surface area contributed by atoms with Gasteiger partial charge in [-0.25, -0.2) is 0 Å². The zero-order valence-electron chi connectivity index (χ0n) is 15.4. The summed E-state index contributed by atoms with van der Waals surface area (Å²) in [6, 6.07) is 10.3. The van der Waals surface area contributed by atoms with Crippen molar-refractivity contribution in [2.24, 2.45) is 5.73 Å². The highest BCUT2D eigenvalue weighted by Gasteiger charge is 2.34. The smallest absolute Gasteiger partial charge is 0.255 e. The molecule has 0 saturated carbocycles. The van der Waals surface area contributed by atoms with Crippen molar-refractivity contribution in [3.05, 3.63) is 71.0 Å². The van der Waals surface area contributed by atoms with Gasteiger partial charge in [-0.3, -0.25) is 23.7 Å². The Hall–Kier alpha value is -3.42. The molecule has 0 aliphatic carbocycles. The number of nitrogens with one attached hydrogen (secondary N) is 1. The van der Waals surface area contributed by atoms with E-state index < -0.39 is 11.9 Å². The van der Waals surface area contributed by atoms with Crippen LogP contribution in [-0.4, -0.2) is 45.8 Å². The van der Waals surface area contributed by atoms with Crippen LogP contribution in [0.2, 0.25) is 0 Å². The van der Waals surface area contributed by atoms with Crippen molar-refractivity contribution in [1.29, 1.82) is 0 Å². The Balaban J connectivity index is 1.68. The molecule has 1 aliphatic rings. The van der Waals surface area contributed by atoms with Gasteiger partial charge in [0.25, 0.3) is 11.5 Å². The summed E-state index contributed by atoms with van der Waals surface area (Å²) in [6.07, 6.45) is 3.73. The van der Waals surface area contributed by atoms with Gasteiger partial charge in [0, 0.05) is 49.4 Å². The first kappa shape index (κ1) is 19.3. The van der Waals surface area contributed by atoms with Crippen molar-refractivity contribution in [3.63, 3.8) is 0 Å². The minimum atomic E-state index is -0.844. The van der Waals surface area contributed by atoms with Crippen LogP contribution in [0, 0.1) is 6.42 Å². The van der Waals surface area contributed by atoms with E-state index in [1.165, 1.54) is 22.5 Å². The number of benzene rings is 1. The van der Waals surface area contributed by atoms with Gasteiger partial charge in [0.15, 0.2) is 0 Å². The Morgan fingerprint density at radius 1 is 1.11 bits per heavy atom. The van der Waals surface area contributed by atoms with Crippen molar-refractivity contribution in [3.8, 4) is 5.69 Å². The van der Waals surface area contributed by atoms with Crippen molar-refractivity contribution in [2.75, 3.05) is 6.54 Å². The van der Waals surface area contributed by atoms with Crippen LogP contribution in [0.4, 0.5) is 0 Å². The molecule has 2 aromatic rings. The number of carbonyl (C=O) groups is 3. The zero-order valence-corrected chi connectivity index (χ0v) is 15.4. The predicted octanol–water partition coefficient (Wildman–Crippen LogP) is 0.246. The molecule has 1 radical (unpaired) electrons. The lowest BCUT2D eigenvalue weighted by molar-refractivity contribution is -0.137. The van der Waals surface area contributed by atoms with E-state index in [1.807, 2.05) is 0 Å². The molecule has 1 fully saturated rings. The van der Waals surface area contributed by atoms with Gasteiger partial charge in [0.1, 0.15) is 6.04 Å². The van der Waals surface area contributed by atoms with E-state index in [-0.39, 0.29) is 23.4 Å². The molecular weight excluding hydrogens is 360 g/mol. The molecule has 1 aromatic carbocycles.